The molecule has 0 radical (unpaired) electrons. The molecule has 136 valence electrons. The Morgan fingerprint density at radius 2 is 2.00 bits per heavy atom. The smallest absolute Gasteiger partial charge is 0.255 e. The number of nitrogens with two attached hydrogens (primary N) is 1. The van der Waals surface area contributed by atoms with Gasteiger partial charge in [-0.05, 0) is 42.0 Å². The molecule has 0 bridgehead atoms. The second-order valence-electron chi connectivity index (χ2n) is 5.94. The van der Waals surface area contributed by atoms with Gasteiger partial charge in [-0.25, -0.2) is 4.39 Å². The maximum atomic E-state index is 13.4. The van der Waals surface area contributed by atoms with Gasteiger partial charge in [-0.3, -0.25) is 9.59 Å². The summed E-state index contributed by atoms with van der Waals surface area (Å²) >= 11 is 0. The van der Waals surface area contributed by atoms with E-state index in [4.69, 9.17) is 15.2 Å². The predicted molar refractivity (Wildman–Crippen MR) is 92.1 cm³/mol. The van der Waals surface area contributed by atoms with E-state index < -0.39 is 5.91 Å². The topological polar surface area (TPSA) is 81.9 Å². The third-order valence-corrected chi connectivity index (χ3v) is 4.06. The van der Waals surface area contributed by atoms with E-state index in [-0.39, 0.29) is 24.4 Å². The quantitative estimate of drug-likeness (QED) is 0.885. The number of hydrogen-bond acceptors (Lipinski definition) is 4. The van der Waals surface area contributed by atoms with E-state index >= 15 is 0 Å². The number of morpholine rings is 1. The Morgan fingerprint density at radius 1 is 1.23 bits per heavy atom. The lowest BCUT2D eigenvalue weighted by molar-refractivity contribution is -0.119. The van der Waals surface area contributed by atoms with E-state index in [9.17, 15) is 14.0 Å². The van der Waals surface area contributed by atoms with E-state index in [1.807, 2.05) is 0 Å². The minimum absolute atomic E-state index is 0.142. The molecule has 1 unspecified atom stereocenters. The average Bonchev–Trinajstić information content (AvgIpc) is 2.66. The molecule has 6 nitrogen and oxygen atoms in total. The van der Waals surface area contributed by atoms with Crippen LogP contribution in [0, 0.1) is 5.82 Å². The summed E-state index contributed by atoms with van der Waals surface area (Å²) in [6.45, 7) is 0.978. The van der Waals surface area contributed by atoms with Crippen molar-refractivity contribution in [2.45, 2.75) is 6.10 Å². The van der Waals surface area contributed by atoms with Crippen LogP contribution in [0.5, 0.6) is 5.75 Å². The molecule has 1 aliphatic rings. The molecular weight excluding hydrogens is 339 g/mol. The zero-order valence-corrected chi connectivity index (χ0v) is 14.1. The van der Waals surface area contributed by atoms with Gasteiger partial charge in [0.15, 0.2) is 6.61 Å². The first-order chi connectivity index (χ1) is 12.5. The maximum absolute atomic E-state index is 13.4. The Bertz CT molecular complexity index is 794. The minimum atomic E-state index is -0.568. The van der Waals surface area contributed by atoms with Crippen molar-refractivity contribution in [3.8, 4) is 5.75 Å². The van der Waals surface area contributed by atoms with Crippen LogP contribution in [0.4, 0.5) is 4.39 Å². The molecule has 26 heavy (non-hydrogen) atoms. The molecule has 0 aromatic heterocycles. The molecule has 2 amide bonds. The normalized spacial score (nSPS) is 17.0. The first-order valence-corrected chi connectivity index (χ1v) is 8.20. The van der Waals surface area contributed by atoms with Gasteiger partial charge in [0.2, 0.25) is 0 Å². The molecule has 1 fully saturated rings. The molecule has 2 aromatic carbocycles. The molecule has 1 atom stereocenters. The maximum Gasteiger partial charge on any atom is 0.255 e. The van der Waals surface area contributed by atoms with Crippen LogP contribution in [-0.4, -0.2) is 43.0 Å². The summed E-state index contributed by atoms with van der Waals surface area (Å²) in [5.41, 5.74) is 6.23. The molecule has 7 heteroatoms. The van der Waals surface area contributed by atoms with Gasteiger partial charge in [0.25, 0.3) is 11.8 Å². The molecule has 2 N–H and O–H groups in total. The Morgan fingerprint density at radius 3 is 2.69 bits per heavy atom. The van der Waals surface area contributed by atoms with Crippen LogP contribution >= 0.6 is 0 Å². The molecule has 1 heterocycles. The van der Waals surface area contributed by atoms with Gasteiger partial charge >= 0.3 is 0 Å². The van der Waals surface area contributed by atoms with Crippen molar-refractivity contribution in [2.24, 2.45) is 5.73 Å². The fourth-order valence-corrected chi connectivity index (χ4v) is 2.77. The fourth-order valence-electron chi connectivity index (χ4n) is 2.77. The number of nitrogens with zero attached hydrogens (tertiary/aromatic N) is 1. The monoisotopic (exact) mass is 358 g/mol. The third kappa shape index (κ3) is 4.37. The molecule has 0 spiro atoms. The molecule has 0 aliphatic carbocycles. The summed E-state index contributed by atoms with van der Waals surface area (Å²) in [6, 6.07) is 12.7. The SMILES string of the molecule is NC(=O)COc1ccc(C(=O)N2CCOC(c3cccc(F)c3)C2)cc1. The number of benzene rings is 2. The minimum Gasteiger partial charge on any atom is -0.484 e. The Labute approximate surface area is 150 Å². The average molecular weight is 358 g/mol. The lowest BCUT2D eigenvalue weighted by atomic mass is 10.1. The van der Waals surface area contributed by atoms with E-state index in [0.717, 1.165) is 0 Å². The van der Waals surface area contributed by atoms with Crippen molar-refractivity contribution in [2.75, 3.05) is 26.3 Å². The van der Waals surface area contributed by atoms with Crippen LogP contribution in [0.3, 0.4) is 0 Å². The van der Waals surface area contributed by atoms with Gasteiger partial charge in [-0.15, -0.1) is 0 Å². The Kier molecular flexibility index (Phi) is 5.48. The van der Waals surface area contributed by atoms with Crippen LogP contribution in [-0.2, 0) is 9.53 Å². The summed E-state index contributed by atoms with van der Waals surface area (Å²) in [4.78, 5) is 25.1. The number of hydrogen-bond donors (Lipinski definition) is 1. The van der Waals surface area contributed by atoms with Crippen molar-refractivity contribution in [1.82, 2.24) is 4.90 Å². The van der Waals surface area contributed by atoms with Gasteiger partial charge in [0, 0.05) is 12.1 Å². The number of ether oxygens (including phenoxy) is 2. The number of halogens is 1. The Balaban J connectivity index is 1.66. The van der Waals surface area contributed by atoms with Crippen molar-refractivity contribution < 1.29 is 23.5 Å². The standard InChI is InChI=1S/C19H19FN2O4/c20-15-3-1-2-14(10-15)17-11-22(8-9-25-17)19(24)13-4-6-16(7-5-13)26-12-18(21)23/h1-7,10,17H,8-9,11-12H2,(H2,21,23). The highest BCUT2D eigenvalue weighted by Crippen LogP contribution is 2.24. The molecule has 0 saturated carbocycles. The van der Waals surface area contributed by atoms with Gasteiger partial charge in [0.05, 0.1) is 13.2 Å². The zero-order chi connectivity index (χ0) is 18.5. The van der Waals surface area contributed by atoms with Crippen molar-refractivity contribution in [3.05, 3.63) is 65.5 Å². The number of carbonyl (C=O) groups is 2. The van der Waals surface area contributed by atoms with E-state index in [0.29, 0.717) is 36.6 Å². The highest BCUT2D eigenvalue weighted by atomic mass is 19.1. The lowest BCUT2D eigenvalue weighted by Crippen LogP contribution is -2.42. The molecule has 3 rings (SSSR count). The highest BCUT2D eigenvalue weighted by Gasteiger charge is 2.26. The summed E-state index contributed by atoms with van der Waals surface area (Å²) in [7, 11) is 0. The van der Waals surface area contributed by atoms with E-state index in [1.54, 1.807) is 41.3 Å². The third-order valence-electron chi connectivity index (χ3n) is 4.06. The van der Waals surface area contributed by atoms with Crippen LogP contribution in [0.2, 0.25) is 0 Å². The number of rotatable bonds is 5. The lowest BCUT2D eigenvalue weighted by Gasteiger charge is -2.33. The van der Waals surface area contributed by atoms with Gasteiger partial charge in [-0.1, -0.05) is 12.1 Å². The zero-order valence-electron chi connectivity index (χ0n) is 14.1. The summed E-state index contributed by atoms with van der Waals surface area (Å²) in [5.74, 6) is -0.584. The van der Waals surface area contributed by atoms with Crippen LogP contribution < -0.4 is 10.5 Å². The van der Waals surface area contributed by atoms with Gasteiger partial charge < -0.3 is 20.1 Å². The highest BCUT2D eigenvalue weighted by molar-refractivity contribution is 5.94. The predicted octanol–water partition coefficient (Wildman–Crippen LogP) is 1.90. The van der Waals surface area contributed by atoms with Gasteiger partial charge in [0.1, 0.15) is 17.7 Å². The second-order valence-corrected chi connectivity index (χ2v) is 5.94. The Hall–Kier alpha value is -2.93. The number of primary amides is 1. The molecular formula is C19H19FN2O4. The number of carbonyl (C=O) groups excluding carboxylic acids is 2. The number of amides is 2. The summed E-state index contributed by atoms with van der Waals surface area (Å²) in [5, 5.41) is 0. The van der Waals surface area contributed by atoms with E-state index in [2.05, 4.69) is 0 Å². The van der Waals surface area contributed by atoms with Crippen molar-refractivity contribution in [1.29, 1.82) is 0 Å². The van der Waals surface area contributed by atoms with Gasteiger partial charge in [-0.2, -0.15) is 0 Å². The van der Waals surface area contributed by atoms with Crippen LogP contribution in [0.15, 0.2) is 48.5 Å². The molecule has 2 aromatic rings. The van der Waals surface area contributed by atoms with Crippen LogP contribution in [0.25, 0.3) is 0 Å². The van der Waals surface area contributed by atoms with Crippen LogP contribution in [0.1, 0.15) is 22.0 Å². The largest absolute Gasteiger partial charge is 0.484 e. The summed E-state index contributed by atoms with van der Waals surface area (Å²) < 4.78 is 24.3. The van der Waals surface area contributed by atoms with E-state index in [1.165, 1.54) is 12.1 Å². The van der Waals surface area contributed by atoms with Crippen molar-refractivity contribution >= 4 is 11.8 Å². The van der Waals surface area contributed by atoms with Crippen molar-refractivity contribution in [3.63, 3.8) is 0 Å². The second kappa shape index (κ2) is 7.97. The first-order valence-electron chi connectivity index (χ1n) is 8.20. The molecule has 1 aliphatic heterocycles. The first kappa shape index (κ1) is 17.9. The molecule has 1 saturated heterocycles. The fraction of sp³-hybridized carbons (Fsp3) is 0.263. The summed E-state index contributed by atoms with van der Waals surface area (Å²) in [6.07, 6.45) is -0.360.